The SMILES string of the molecule is O=C(O)Cc1cccc(Sc2ccccc2)c1. The first-order valence-electron chi connectivity index (χ1n) is 5.28. The molecule has 0 bridgehead atoms. The zero-order valence-electron chi connectivity index (χ0n) is 9.17. The maximum atomic E-state index is 10.6. The van der Waals surface area contributed by atoms with Crippen LogP contribution in [0.1, 0.15) is 5.56 Å². The van der Waals surface area contributed by atoms with Crippen LogP contribution in [0.4, 0.5) is 0 Å². The Bertz CT molecular complexity index is 509. The molecule has 2 aromatic rings. The van der Waals surface area contributed by atoms with Gasteiger partial charge in [-0.05, 0) is 29.8 Å². The van der Waals surface area contributed by atoms with Gasteiger partial charge in [0, 0.05) is 9.79 Å². The lowest BCUT2D eigenvalue weighted by molar-refractivity contribution is -0.136. The monoisotopic (exact) mass is 244 g/mol. The Kier molecular flexibility index (Phi) is 3.83. The van der Waals surface area contributed by atoms with Crippen molar-refractivity contribution in [2.75, 3.05) is 0 Å². The van der Waals surface area contributed by atoms with Crippen LogP contribution in [0.15, 0.2) is 64.4 Å². The molecule has 0 saturated heterocycles. The van der Waals surface area contributed by atoms with Crippen LogP contribution in [-0.2, 0) is 11.2 Å². The van der Waals surface area contributed by atoms with Gasteiger partial charge in [-0.15, -0.1) is 0 Å². The number of carboxylic acid groups (broad SMARTS) is 1. The van der Waals surface area contributed by atoms with Gasteiger partial charge in [0.05, 0.1) is 6.42 Å². The van der Waals surface area contributed by atoms with Gasteiger partial charge in [-0.2, -0.15) is 0 Å². The Morgan fingerprint density at radius 3 is 2.41 bits per heavy atom. The van der Waals surface area contributed by atoms with Crippen molar-refractivity contribution in [1.29, 1.82) is 0 Å². The van der Waals surface area contributed by atoms with E-state index in [2.05, 4.69) is 0 Å². The summed E-state index contributed by atoms with van der Waals surface area (Å²) in [5, 5.41) is 8.74. The summed E-state index contributed by atoms with van der Waals surface area (Å²) in [6, 6.07) is 17.7. The van der Waals surface area contributed by atoms with Crippen molar-refractivity contribution in [3.8, 4) is 0 Å². The highest BCUT2D eigenvalue weighted by Crippen LogP contribution is 2.27. The Balaban J connectivity index is 2.14. The molecule has 0 aliphatic carbocycles. The second-order valence-corrected chi connectivity index (χ2v) is 4.78. The zero-order valence-corrected chi connectivity index (χ0v) is 9.98. The van der Waals surface area contributed by atoms with E-state index in [1.807, 2.05) is 54.6 Å². The van der Waals surface area contributed by atoms with Crippen LogP contribution in [0.3, 0.4) is 0 Å². The zero-order chi connectivity index (χ0) is 12.1. The Morgan fingerprint density at radius 1 is 1.00 bits per heavy atom. The van der Waals surface area contributed by atoms with E-state index in [1.165, 1.54) is 0 Å². The topological polar surface area (TPSA) is 37.3 Å². The van der Waals surface area contributed by atoms with Crippen LogP contribution < -0.4 is 0 Å². The van der Waals surface area contributed by atoms with E-state index in [-0.39, 0.29) is 6.42 Å². The highest BCUT2D eigenvalue weighted by molar-refractivity contribution is 7.99. The van der Waals surface area contributed by atoms with Gasteiger partial charge in [-0.3, -0.25) is 4.79 Å². The number of rotatable bonds is 4. The second kappa shape index (κ2) is 5.55. The molecule has 0 aromatic heterocycles. The molecule has 17 heavy (non-hydrogen) atoms. The average Bonchev–Trinajstić information content (AvgIpc) is 2.30. The minimum absolute atomic E-state index is 0.0726. The smallest absolute Gasteiger partial charge is 0.307 e. The van der Waals surface area contributed by atoms with E-state index in [9.17, 15) is 4.79 Å². The van der Waals surface area contributed by atoms with Gasteiger partial charge in [0.15, 0.2) is 0 Å². The molecule has 1 N–H and O–H groups in total. The third-order valence-corrected chi connectivity index (χ3v) is 3.23. The number of hydrogen-bond donors (Lipinski definition) is 1. The van der Waals surface area contributed by atoms with E-state index in [0.29, 0.717) is 0 Å². The normalized spacial score (nSPS) is 10.1. The van der Waals surface area contributed by atoms with Crippen LogP contribution in [0.25, 0.3) is 0 Å². The summed E-state index contributed by atoms with van der Waals surface area (Å²) in [6.45, 7) is 0. The van der Waals surface area contributed by atoms with Crippen molar-refractivity contribution in [3.63, 3.8) is 0 Å². The van der Waals surface area contributed by atoms with Gasteiger partial charge < -0.3 is 5.11 Å². The van der Waals surface area contributed by atoms with E-state index in [1.54, 1.807) is 11.8 Å². The fourth-order valence-electron chi connectivity index (χ4n) is 1.52. The maximum absolute atomic E-state index is 10.6. The summed E-state index contributed by atoms with van der Waals surface area (Å²) in [5.74, 6) is -0.799. The fourth-order valence-corrected chi connectivity index (χ4v) is 2.44. The molecule has 0 aliphatic rings. The summed E-state index contributed by atoms with van der Waals surface area (Å²) in [4.78, 5) is 12.8. The number of hydrogen-bond acceptors (Lipinski definition) is 2. The van der Waals surface area contributed by atoms with Crippen LogP contribution in [-0.4, -0.2) is 11.1 Å². The lowest BCUT2D eigenvalue weighted by Gasteiger charge is -2.03. The van der Waals surface area contributed by atoms with Crippen molar-refractivity contribution < 1.29 is 9.90 Å². The maximum Gasteiger partial charge on any atom is 0.307 e. The second-order valence-electron chi connectivity index (χ2n) is 3.63. The summed E-state index contributed by atoms with van der Waals surface area (Å²) >= 11 is 1.64. The third-order valence-electron chi connectivity index (χ3n) is 2.23. The van der Waals surface area contributed by atoms with E-state index < -0.39 is 5.97 Å². The molecule has 0 amide bonds. The fraction of sp³-hybridized carbons (Fsp3) is 0.0714. The Hall–Kier alpha value is -1.74. The predicted octanol–water partition coefficient (Wildman–Crippen LogP) is 3.46. The van der Waals surface area contributed by atoms with Gasteiger partial charge in [0.1, 0.15) is 0 Å². The molecule has 2 nitrogen and oxygen atoms in total. The number of carbonyl (C=O) groups is 1. The molecule has 0 radical (unpaired) electrons. The largest absolute Gasteiger partial charge is 0.481 e. The lowest BCUT2D eigenvalue weighted by atomic mass is 10.2. The molecule has 0 saturated carbocycles. The highest BCUT2D eigenvalue weighted by Gasteiger charge is 2.02. The number of benzene rings is 2. The van der Waals surface area contributed by atoms with E-state index >= 15 is 0 Å². The van der Waals surface area contributed by atoms with Crippen LogP contribution in [0, 0.1) is 0 Å². The first-order chi connectivity index (χ1) is 8.24. The summed E-state index contributed by atoms with van der Waals surface area (Å²) in [5.41, 5.74) is 0.832. The Labute approximate surface area is 104 Å². The molecule has 3 heteroatoms. The van der Waals surface area contributed by atoms with Crippen LogP contribution in [0.5, 0.6) is 0 Å². The van der Waals surface area contributed by atoms with Crippen molar-refractivity contribution in [2.24, 2.45) is 0 Å². The van der Waals surface area contributed by atoms with Gasteiger partial charge in [0.25, 0.3) is 0 Å². The van der Waals surface area contributed by atoms with E-state index in [4.69, 9.17) is 5.11 Å². The highest BCUT2D eigenvalue weighted by atomic mass is 32.2. The molecule has 0 unspecified atom stereocenters. The molecule has 2 aromatic carbocycles. The molecule has 0 aliphatic heterocycles. The summed E-state index contributed by atoms with van der Waals surface area (Å²) in [6.07, 6.45) is 0.0726. The van der Waals surface area contributed by atoms with Gasteiger partial charge in [-0.1, -0.05) is 42.1 Å². The summed E-state index contributed by atoms with van der Waals surface area (Å²) < 4.78 is 0. The minimum atomic E-state index is -0.799. The standard InChI is InChI=1S/C14H12O2S/c15-14(16)10-11-5-4-8-13(9-11)17-12-6-2-1-3-7-12/h1-9H,10H2,(H,15,16). The molecule has 0 atom stereocenters. The van der Waals surface area contributed by atoms with Gasteiger partial charge in [0.2, 0.25) is 0 Å². The average molecular weight is 244 g/mol. The quantitative estimate of drug-likeness (QED) is 0.894. The molecule has 0 spiro atoms. The Morgan fingerprint density at radius 2 is 1.71 bits per heavy atom. The third kappa shape index (κ3) is 3.64. The molecule has 86 valence electrons. The number of aliphatic carboxylic acids is 1. The lowest BCUT2D eigenvalue weighted by Crippen LogP contribution is -1.99. The first kappa shape index (κ1) is 11.7. The van der Waals surface area contributed by atoms with Crippen molar-refractivity contribution in [2.45, 2.75) is 16.2 Å². The first-order valence-corrected chi connectivity index (χ1v) is 6.09. The molecular weight excluding hydrogens is 232 g/mol. The molecule has 0 heterocycles. The van der Waals surface area contributed by atoms with Crippen LogP contribution in [0.2, 0.25) is 0 Å². The van der Waals surface area contributed by atoms with Crippen molar-refractivity contribution in [1.82, 2.24) is 0 Å². The minimum Gasteiger partial charge on any atom is -0.481 e. The van der Waals surface area contributed by atoms with E-state index in [0.717, 1.165) is 15.4 Å². The van der Waals surface area contributed by atoms with Crippen molar-refractivity contribution >= 4 is 17.7 Å². The molecule has 0 fully saturated rings. The summed E-state index contributed by atoms with van der Waals surface area (Å²) in [7, 11) is 0. The molecular formula is C14H12O2S. The van der Waals surface area contributed by atoms with Crippen molar-refractivity contribution in [3.05, 3.63) is 60.2 Å². The predicted molar refractivity (Wildman–Crippen MR) is 68.3 cm³/mol. The molecule has 2 rings (SSSR count). The number of carboxylic acids is 1. The van der Waals surface area contributed by atoms with Crippen LogP contribution >= 0.6 is 11.8 Å². The van der Waals surface area contributed by atoms with Gasteiger partial charge in [-0.25, -0.2) is 0 Å². The van der Waals surface area contributed by atoms with Gasteiger partial charge >= 0.3 is 5.97 Å².